The molecule has 0 rings (SSSR count). The highest BCUT2D eigenvalue weighted by molar-refractivity contribution is 5.87. The van der Waals surface area contributed by atoms with E-state index in [1.165, 1.54) is 0 Å². The standard InChI is InChI=1S/C25H48N4O4/c1-19(2)9-7-8-10-23(31)27-14-16-29(15-13-26-18-30)25(33)22(12-11-20(3)4)28-24(32)17-21(5)6/h18-22H,7-17H2,1-6H3,(H,26,30)(H,27,31)(H,28,32). The molecule has 0 saturated heterocycles. The van der Waals surface area contributed by atoms with Gasteiger partial charge < -0.3 is 20.9 Å². The Hall–Kier alpha value is -2.12. The molecule has 0 aliphatic carbocycles. The normalized spacial score (nSPS) is 12.0. The maximum absolute atomic E-state index is 13.3. The van der Waals surface area contributed by atoms with Crippen molar-refractivity contribution in [1.29, 1.82) is 0 Å². The molecule has 1 atom stereocenters. The van der Waals surface area contributed by atoms with Gasteiger partial charge in [0.05, 0.1) is 0 Å². The molecule has 0 aliphatic rings. The SMILES string of the molecule is CC(C)CCCCC(=O)NCCN(CCNC=O)C(=O)C(CCC(C)C)NC(=O)CC(C)C. The number of carbonyl (C=O) groups is 4. The predicted molar refractivity (Wildman–Crippen MR) is 132 cm³/mol. The summed E-state index contributed by atoms with van der Waals surface area (Å²) in [5.41, 5.74) is 0. The van der Waals surface area contributed by atoms with Crippen LogP contribution in [0.4, 0.5) is 0 Å². The van der Waals surface area contributed by atoms with E-state index in [9.17, 15) is 19.2 Å². The van der Waals surface area contributed by atoms with E-state index >= 15 is 0 Å². The minimum Gasteiger partial charge on any atom is -0.357 e. The third kappa shape index (κ3) is 17.1. The molecule has 8 heteroatoms. The average Bonchev–Trinajstić information content (AvgIpc) is 2.72. The van der Waals surface area contributed by atoms with Crippen LogP contribution in [0.25, 0.3) is 0 Å². The number of unbranched alkanes of at least 4 members (excludes halogenated alkanes) is 1. The van der Waals surface area contributed by atoms with Crippen LogP contribution in [0.5, 0.6) is 0 Å². The second kappa shape index (κ2) is 18.3. The van der Waals surface area contributed by atoms with Crippen molar-refractivity contribution in [3.63, 3.8) is 0 Å². The Balaban J connectivity index is 4.96. The van der Waals surface area contributed by atoms with Crippen molar-refractivity contribution in [2.45, 2.75) is 92.5 Å². The molecule has 8 nitrogen and oxygen atoms in total. The van der Waals surface area contributed by atoms with Crippen LogP contribution in [-0.4, -0.2) is 61.3 Å². The molecular formula is C25H48N4O4. The lowest BCUT2D eigenvalue weighted by Crippen LogP contribution is -2.51. The Morgan fingerprint density at radius 1 is 0.788 bits per heavy atom. The highest BCUT2D eigenvalue weighted by atomic mass is 16.2. The summed E-state index contributed by atoms with van der Waals surface area (Å²) in [6, 6.07) is -0.610. The maximum atomic E-state index is 13.3. The molecule has 0 aromatic carbocycles. The molecule has 33 heavy (non-hydrogen) atoms. The fraction of sp³-hybridized carbons (Fsp3) is 0.840. The Bertz CT molecular complexity index is 579. The number of carbonyl (C=O) groups excluding carboxylic acids is 4. The van der Waals surface area contributed by atoms with Crippen LogP contribution in [0, 0.1) is 17.8 Å². The summed E-state index contributed by atoms with van der Waals surface area (Å²) in [4.78, 5) is 50.1. The zero-order valence-electron chi connectivity index (χ0n) is 21.7. The quantitative estimate of drug-likeness (QED) is 0.200. The molecule has 0 aromatic heterocycles. The summed E-state index contributed by atoms with van der Waals surface area (Å²) in [6.45, 7) is 13.7. The Morgan fingerprint density at radius 3 is 2.00 bits per heavy atom. The first-order chi connectivity index (χ1) is 15.6. The number of amides is 4. The number of nitrogens with zero attached hydrogens (tertiary/aromatic N) is 1. The van der Waals surface area contributed by atoms with Crippen molar-refractivity contribution in [3.05, 3.63) is 0 Å². The van der Waals surface area contributed by atoms with Crippen molar-refractivity contribution in [3.8, 4) is 0 Å². The van der Waals surface area contributed by atoms with Gasteiger partial charge in [0.25, 0.3) is 0 Å². The average molecular weight is 469 g/mol. The predicted octanol–water partition coefficient (Wildman–Crippen LogP) is 2.86. The third-order valence-corrected chi connectivity index (χ3v) is 5.32. The summed E-state index contributed by atoms with van der Waals surface area (Å²) >= 11 is 0. The first-order valence-corrected chi connectivity index (χ1v) is 12.6. The molecule has 1 unspecified atom stereocenters. The summed E-state index contributed by atoms with van der Waals surface area (Å²) < 4.78 is 0. The molecule has 0 spiro atoms. The fourth-order valence-electron chi connectivity index (χ4n) is 3.45. The van der Waals surface area contributed by atoms with E-state index in [2.05, 4.69) is 43.6 Å². The summed E-state index contributed by atoms with van der Waals surface area (Å²) in [7, 11) is 0. The van der Waals surface area contributed by atoms with Crippen molar-refractivity contribution < 1.29 is 19.2 Å². The minimum atomic E-state index is -0.610. The first kappa shape index (κ1) is 30.9. The van der Waals surface area contributed by atoms with Gasteiger partial charge in [-0.25, -0.2) is 0 Å². The molecule has 192 valence electrons. The second-order valence-corrected chi connectivity index (χ2v) is 10.1. The van der Waals surface area contributed by atoms with Crippen molar-refractivity contribution >= 4 is 24.1 Å². The van der Waals surface area contributed by atoms with Crippen LogP contribution in [-0.2, 0) is 19.2 Å². The fourth-order valence-corrected chi connectivity index (χ4v) is 3.45. The first-order valence-electron chi connectivity index (χ1n) is 12.6. The van der Waals surface area contributed by atoms with E-state index in [4.69, 9.17) is 0 Å². The van der Waals surface area contributed by atoms with E-state index in [0.717, 1.165) is 25.7 Å². The summed E-state index contributed by atoms with van der Waals surface area (Å²) in [5.74, 6) is 0.924. The van der Waals surface area contributed by atoms with Gasteiger partial charge in [0.15, 0.2) is 0 Å². The van der Waals surface area contributed by atoms with Crippen LogP contribution < -0.4 is 16.0 Å². The van der Waals surface area contributed by atoms with Crippen molar-refractivity contribution in [1.82, 2.24) is 20.9 Å². The number of rotatable bonds is 19. The molecule has 4 amide bonds. The Labute approximate surface area is 201 Å². The Morgan fingerprint density at radius 2 is 1.42 bits per heavy atom. The summed E-state index contributed by atoms with van der Waals surface area (Å²) in [6.07, 6.45) is 5.81. The van der Waals surface area contributed by atoms with Gasteiger partial charge in [-0.3, -0.25) is 19.2 Å². The zero-order chi connectivity index (χ0) is 25.2. The lowest BCUT2D eigenvalue weighted by molar-refractivity contribution is -0.137. The molecule has 3 N–H and O–H groups in total. The maximum Gasteiger partial charge on any atom is 0.245 e. The molecule has 0 bridgehead atoms. The Kier molecular flexibility index (Phi) is 17.1. The van der Waals surface area contributed by atoms with Crippen molar-refractivity contribution in [2.75, 3.05) is 26.2 Å². The molecule has 0 aromatic rings. The number of hydrogen-bond donors (Lipinski definition) is 3. The highest BCUT2D eigenvalue weighted by Crippen LogP contribution is 2.11. The topological polar surface area (TPSA) is 108 Å². The number of hydrogen-bond acceptors (Lipinski definition) is 4. The lowest BCUT2D eigenvalue weighted by atomic mass is 10.0. The van der Waals surface area contributed by atoms with Gasteiger partial charge in [0.1, 0.15) is 6.04 Å². The monoisotopic (exact) mass is 468 g/mol. The zero-order valence-corrected chi connectivity index (χ0v) is 21.7. The molecule has 0 aliphatic heterocycles. The minimum absolute atomic E-state index is 0.0150. The molecular weight excluding hydrogens is 420 g/mol. The smallest absolute Gasteiger partial charge is 0.245 e. The molecule has 0 radical (unpaired) electrons. The molecule has 0 heterocycles. The van der Waals surface area contributed by atoms with E-state index in [-0.39, 0.29) is 23.6 Å². The van der Waals surface area contributed by atoms with Gasteiger partial charge in [0, 0.05) is 39.0 Å². The highest BCUT2D eigenvalue weighted by Gasteiger charge is 2.26. The van der Waals surface area contributed by atoms with E-state index in [0.29, 0.717) is 63.7 Å². The summed E-state index contributed by atoms with van der Waals surface area (Å²) in [5, 5.41) is 8.39. The van der Waals surface area contributed by atoms with Crippen LogP contribution in [0.15, 0.2) is 0 Å². The van der Waals surface area contributed by atoms with Crippen LogP contribution in [0.1, 0.15) is 86.5 Å². The lowest BCUT2D eigenvalue weighted by Gasteiger charge is -2.28. The van der Waals surface area contributed by atoms with Gasteiger partial charge in [-0.2, -0.15) is 0 Å². The van der Waals surface area contributed by atoms with Gasteiger partial charge in [0.2, 0.25) is 24.1 Å². The second-order valence-electron chi connectivity index (χ2n) is 10.1. The van der Waals surface area contributed by atoms with Crippen LogP contribution in [0.2, 0.25) is 0 Å². The van der Waals surface area contributed by atoms with E-state index in [1.54, 1.807) is 4.90 Å². The molecule has 0 fully saturated rings. The largest absolute Gasteiger partial charge is 0.357 e. The number of nitrogens with one attached hydrogen (secondary N) is 3. The van der Waals surface area contributed by atoms with E-state index < -0.39 is 6.04 Å². The van der Waals surface area contributed by atoms with Crippen molar-refractivity contribution in [2.24, 2.45) is 17.8 Å². The van der Waals surface area contributed by atoms with Gasteiger partial charge >= 0.3 is 0 Å². The third-order valence-electron chi connectivity index (χ3n) is 5.32. The van der Waals surface area contributed by atoms with Gasteiger partial charge in [-0.05, 0) is 37.0 Å². The van der Waals surface area contributed by atoms with Crippen LogP contribution in [0.3, 0.4) is 0 Å². The van der Waals surface area contributed by atoms with Crippen LogP contribution >= 0.6 is 0 Å². The van der Waals surface area contributed by atoms with Gasteiger partial charge in [-0.15, -0.1) is 0 Å². The molecule has 0 saturated carbocycles. The van der Waals surface area contributed by atoms with Gasteiger partial charge in [-0.1, -0.05) is 54.4 Å². The van der Waals surface area contributed by atoms with E-state index in [1.807, 2.05) is 13.8 Å².